The number of alkyl halides is 1. The van der Waals surface area contributed by atoms with Gasteiger partial charge in [-0.1, -0.05) is 0 Å². The standard InChI is InChI=1S/C9H11ClFN3O2S/c1-17(15,16)14-6-2-3-7(11)8(4-6)13-9(12)5-10/h2-4,14H,5H2,1H3,(H2,12,13). The topological polar surface area (TPSA) is 84.5 Å². The summed E-state index contributed by atoms with van der Waals surface area (Å²) in [5.74, 6) is -0.609. The van der Waals surface area contributed by atoms with Crippen LogP contribution in [0.25, 0.3) is 0 Å². The molecule has 17 heavy (non-hydrogen) atoms. The first-order chi connectivity index (χ1) is 7.81. The van der Waals surface area contributed by atoms with Crippen LogP contribution < -0.4 is 10.5 Å². The second kappa shape index (κ2) is 5.33. The molecule has 0 bridgehead atoms. The van der Waals surface area contributed by atoms with Crippen molar-refractivity contribution in [1.29, 1.82) is 0 Å². The fraction of sp³-hybridized carbons (Fsp3) is 0.222. The molecule has 0 atom stereocenters. The van der Waals surface area contributed by atoms with E-state index in [2.05, 4.69) is 9.71 Å². The third-order valence-electron chi connectivity index (χ3n) is 1.65. The van der Waals surface area contributed by atoms with Gasteiger partial charge in [0.2, 0.25) is 10.0 Å². The number of nitrogens with one attached hydrogen (secondary N) is 1. The average Bonchev–Trinajstić information content (AvgIpc) is 2.20. The summed E-state index contributed by atoms with van der Waals surface area (Å²) in [4.78, 5) is 3.72. The smallest absolute Gasteiger partial charge is 0.229 e. The van der Waals surface area contributed by atoms with Crippen molar-refractivity contribution in [3.05, 3.63) is 24.0 Å². The molecule has 0 aliphatic heterocycles. The van der Waals surface area contributed by atoms with Crippen LogP contribution in [0.3, 0.4) is 0 Å². The highest BCUT2D eigenvalue weighted by atomic mass is 35.5. The zero-order valence-electron chi connectivity index (χ0n) is 8.94. The minimum absolute atomic E-state index is 0.0385. The summed E-state index contributed by atoms with van der Waals surface area (Å²) in [5.41, 5.74) is 5.50. The van der Waals surface area contributed by atoms with E-state index in [1.807, 2.05) is 0 Å². The lowest BCUT2D eigenvalue weighted by molar-refractivity contribution is 0.606. The van der Waals surface area contributed by atoms with Crippen molar-refractivity contribution in [3.8, 4) is 0 Å². The molecule has 0 aliphatic rings. The Morgan fingerprint density at radius 3 is 2.76 bits per heavy atom. The van der Waals surface area contributed by atoms with Crippen LogP contribution in [0.15, 0.2) is 23.2 Å². The van der Waals surface area contributed by atoms with Crippen LogP contribution in [0.2, 0.25) is 0 Å². The number of sulfonamides is 1. The van der Waals surface area contributed by atoms with Gasteiger partial charge in [-0.25, -0.2) is 17.8 Å². The molecule has 1 aromatic carbocycles. The van der Waals surface area contributed by atoms with Gasteiger partial charge in [0, 0.05) is 0 Å². The van der Waals surface area contributed by atoms with Crippen LogP contribution in [0.1, 0.15) is 0 Å². The Labute approximate surface area is 104 Å². The van der Waals surface area contributed by atoms with Gasteiger partial charge in [0.25, 0.3) is 0 Å². The van der Waals surface area contributed by atoms with Crippen LogP contribution >= 0.6 is 11.6 Å². The third kappa shape index (κ3) is 4.58. The first-order valence-electron chi connectivity index (χ1n) is 4.48. The number of nitrogens with zero attached hydrogens (tertiary/aromatic N) is 1. The molecule has 5 nitrogen and oxygen atoms in total. The molecule has 0 saturated carbocycles. The molecule has 0 aliphatic carbocycles. The van der Waals surface area contributed by atoms with Crippen molar-refractivity contribution < 1.29 is 12.8 Å². The monoisotopic (exact) mass is 279 g/mol. The van der Waals surface area contributed by atoms with Crippen molar-refractivity contribution in [2.24, 2.45) is 10.7 Å². The van der Waals surface area contributed by atoms with Gasteiger partial charge in [0.1, 0.15) is 17.3 Å². The van der Waals surface area contributed by atoms with Crippen molar-refractivity contribution in [2.75, 3.05) is 16.9 Å². The predicted molar refractivity (Wildman–Crippen MR) is 66.9 cm³/mol. The Morgan fingerprint density at radius 2 is 2.24 bits per heavy atom. The molecular formula is C9H11ClFN3O2S. The van der Waals surface area contributed by atoms with Gasteiger partial charge in [0.15, 0.2) is 0 Å². The van der Waals surface area contributed by atoms with Crippen LogP contribution in [0.4, 0.5) is 15.8 Å². The molecule has 0 amide bonds. The summed E-state index contributed by atoms with van der Waals surface area (Å²) in [6.07, 6.45) is 0.992. The third-order valence-corrected chi connectivity index (χ3v) is 2.53. The van der Waals surface area contributed by atoms with Crippen LogP contribution in [0, 0.1) is 5.82 Å². The molecule has 1 aromatic rings. The van der Waals surface area contributed by atoms with Crippen LogP contribution in [-0.2, 0) is 10.0 Å². The van der Waals surface area contributed by atoms with Crippen molar-refractivity contribution in [1.82, 2.24) is 0 Å². The highest BCUT2D eigenvalue weighted by molar-refractivity contribution is 7.92. The maximum Gasteiger partial charge on any atom is 0.229 e. The van der Waals surface area contributed by atoms with E-state index in [0.717, 1.165) is 12.3 Å². The lowest BCUT2D eigenvalue weighted by Gasteiger charge is -2.05. The number of rotatable bonds is 4. The molecule has 0 aromatic heterocycles. The molecule has 8 heteroatoms. The van der Waals surface area contributed by atoms with Gasteiger partial charge >= 0.3 is 0 Å². The Hall–Kier alpha value is -1.34. The SMILES string of the molecule is CS(=O)(=O)Nc1ccc(F)c(N=C(N)CCl)c1. The number of hydrogen-bond donors (Lipinski definition) is 2. The number of hydrogen-bond acceptors (Lipinski definition) is 3. The summed E-state index contributed by atoms with van der Waals surface area (Å²) in [7, 11) is -3.42. The second-order valence-electron chi connectivity index (χ2n) is 3.28. The number of nitrogens with two attached hydrogens (primary N) is 1. The molecule has 0 fully saturated rings. The lowest BCUT2D eigenvalue weighted by atomic mass is 10.3. The summed E-state index contributed by atoms with van der Waals surface area (Å²) in [6, 6.07) is 3.61. The Balaban J connectivity index is 3.11. The van der Waals surface area contributed by atoms with E-state index >= 15 is 0 Å². The minimum Gasteiger partial charge on any atom is -0.386 e. The summed E-state index contributed by atoms with van der Waals surface area (Å²) < 4.78 is 37.5. The average molecular weight is 280 g/mol. The van der Waals surface area contributed by atoms with Crippen LogP contribution in [-0.4, -0.2) is 26.4 Å². The lowest BCUT2D eigenvalue weighted by Crippen LogP contribution is -2.12. The Bertz CT molecular complexity index is 545. The number of benzene rings is 1. The Kier molecular flexibility index (Phi) is 4.30. The molecule has 0 unspecified atom stereocenters. The van der Waals surface area contributed by atoms with Crippen molar-refractivity contribution >= 4 is 38.8 Å². The zero-order chi connectivity index (χ0) is 13.1. The van der Waals surface area contributed by atoms with E-state index in [4.69, 9.17) is 17.3 Å². The minimum atomic E-state index is -3.42. The second-order valence-corrected chi connectivity index (χ2v) is 5.29. The van der Waals surface area contributed by atoms with Gasteiger partial charge < -0.3 is 5.73 Å². The van der Waals surface area contributed by atoms with E-state index in [-0.39, 0.29) is 23.1 Å². The van der Waals surface area contributed by atoms with Gasteiger partial charge in [-0.2, -0.15) is 0 Å². The number of halogens is 2. The summed E-state index contributed by atoms with van der Waals surface area (Å²) in [6.45, 7) is 0. The van der Waals surface area contributed by atoms with Gasteiger partial charge in [-0.15, -0.1) is 11.6 Å². The molecule has 94 valence electrons. The predicted octanol–water partition coefficient (Wildman–Crippen LogP) is 1.42. The first kappa shape index (κ1) is 13.7. The van der Waals surface area contributed by atoms with E-state index in [1.54, 1.807) is 0 Å². The normalized spacial score (nSPS) is 12.5. The molecule has 0 spiro atoms. The molecule has 0 radical (unpaired) electrons. The highest BCUT2D eigenvalue weighted by Crippen LogP contribution is 2.23. The van der Waals surface area contributed by atoms with E-state index in [0.29, 0.717) is 0 Å². The van der Waals surface area contributed by atoms with Gasteiger partial charge in [0.05, 0.1) is 17.8 Å². The van der Waals surface area contributed by atoms with E-state index in [1.165, 1.54) is 12.1 Å². The molecule has 3 N–H and O–H groups in total. The van der Waals surface area contributed by atoms with E-state index in [9.17, 15) is 12.8 Å². The number of aliphatic imine (C=N–C) groups is 1. The molecule has 0 saturated heterocycles. The molecule has 0 heterocycles. The molecular weight excluding hydrogens is 269 g/mol. The fourth-order valence-corrected chi connectivity index (χ4v) is 1.68. The summed E-state index contributed by atoms with van der Waals surface area (Å²) in [5, 5.41) is 0. The van der Waals surface area contributed by atoms with E-state index < -0.39 is 15.8 Å². The first-order valence-corrected chi connectivity index (χ1v) is 6.91. The van der Waals surface area contributed by atoms with Crippen LogP contribution in [0.5, 0.6) is 0 Å². The number of anilines is 1. The maximum absolute atomic E-state index is 13.3. The van der Waals surface area contributed by atoms with Crippen molar-refractivity contribution in [3.63, 3.8) is 0 Å². The Morgan fingerprint density at radius 1 is 1.59 bits per heavy atom. The highest BCUT2D eigenvalue weighted by Gasteiger charge is 2.06. The molecule has 1 rings (SSSR count). The fourth-order valence-electron chi connectivity index (χ4n) is 1.06. The van der Waals surface area contributed by atoms with Gasteiger partial charge in [-0.05, 0) is 18.2 Å². The quantitative estimate of drug-likeness (QED) is 0.497. The zero-order valence-corrected chi connectivity index (χ0v) is 10.5. The van der Waals surface area contributed by atoms with Gasteiger partial charge in [-0.3, -0.25) is 4.72 Å². The largest absolute Gasteiger partial charge is 0.386 e. The maximum atomic E-state index is 13.3. The van der Waals surface area contributed by atoms with Crippen molar-refractivity contribution in [2.45, 2.75) is 0 Å². The number of amidine groups is 1. The summed E-state index contributed by atoms with van der Waals surface area (Å²) >= 11 is 5.41.